The predicted molar refractivity (Wildman–Crippen MR) is 102 cm³/mol. The molecule has 2 heterocycles. The third-order valence-electron chi connectivity index (χ3n) is 3.67. The Labute approximate surface area is 163 Å². The van der Waals surface area contributed by atoms with E-state index in [0.29, 0.717) is 5.39 Å². The average molecular weight is 400 g/mol. The van der Waals surface area contributed by atoms with Gasteiger partial charge >= 0.3 is 12.0 Å². The van der Waals surface area contributed by atoms with E-state index in [9.17, 15) is 19.2 Å². The van der Waals surface area contributed by atoms with E-state index in [1.807, 2.05) is 29.8 Å². The van der Waals surface area contributed by atoms with Crippen molar-refractivity contribution < 1.29 is 23.5 Å². The van der Waals surface area contributed by atoms with Crippen LogP contribution in [0.25, 0.3) is 11.0 Å². The van der Waals surface area contributed by atoms with Crippen LogP contribution in [0.5, 0.6) is 0 Å². The fourth-order valence-electron chi connectivity index (χ4n) is 2.36. The van der Waals surface area contributed by atoms with Gasteiger partial charge in [-0.15, -0.1) is 11.3 Å². The fourth-order valence-corrected chi connectivity index (χ4v) is 3.00. The van der Waals surface area contributed by atoms with Gasteiger partial charge in [-0.2, -0.15) is 0 Å². The Bertz CT molecular complexity index is 1090. The molecule has 0 atom stereocenters. The van der Waals surface area contributed by atoms with E-state index in [-0.39, 0.29) is 17.9 Å². The monoisotopic (exact) mass is 400 g/mol. The van der Waals surface area contributed by atoms with Crippen molar-refractivity contribution in [2.45, 2.75) is 13.5 Å². The smallest absolute Gasteiger partial charge is 0.374 e. The number of esters is 1. The number of amides is 3. The Morgan fingerprint density at radius 3 is 2.75 bits per heavy atom. The van der Waals surface area contributed by atoms with Crippen molar-refractivity contribution in [3.05, 3.63) is 68.2 Å². The molecular weight excluding hydrogens is 384 g/mol. The van der Waals surface area contributed by atoms with Crippen LogP contribution in [0.1, 0.15) is 21.0 Å². The number of urea groups is 1. The van der Waals surface area contributed by atoms with E-state index in [0.717, 1.165) is 16.5 Å². The molecule has 0 radical (unpaired) electrons. The molecule has 0 aliphatic rings. The summed E-state index contributed by atoms with van der Waals surface area (Å²) in [4.78, 5) is 48.5. The summed E-state index contributed by atoms with van der Waals surface area (Å²) in [7, 11) is 0. The van der Waals surface area contributed by atoms with Crippen LogP contribution < -0.4 is 16.1 Å². The first-order chi connectivity index (χ1) is 13.4. The minimum atomic E-state index is -0.978. The number of benzene rings is 1. The lowest BCUT2D eigenvalue weighted by Crippen LogP contribution is -2.41. The molecule has 0 fully saturated rings. The molecule has 2 N–H and O–H groups in total. The molecular formula is C19H16N2O6S. The lowest BCUT2D eigenvalue weighted by atomic mass is 10.1. The SMILES string of the molecule is Cc1ccc2oc(C(=O)OCC(=O)NC(=O)NCc3cccs3)cc(=O)c2c1. The lowest BCUT2D eigenvalue weighted by molar-refractivity contribution is -0.123. The summed E-state index contributed by atoms with van der Waals surface area (Å²) in [6.07, 6.45) is 0. The second-order valence-corrected chi connectivity index (χ2v) is 6.89. The molecule has 0 spiro atoms. The first-order valence-corrected chi connectivity index (χ1v) is 9.12. The van der Waals surface area contributed by atoms with Gasteiger partial charge in [0.25, 0.3) is 5.91 Å². The number of thiophene rings is 1. The first-order valence-electron chi connectivity index (χ1n) is 8.24. The lowest BCUT2D eigenvalue weighted by Gasteiger charge is -2.07. The van der Waals surface area contributed by atoms with Crippen LogP contribution in [0, 0.1) is 6.92 Å². The number of aryl methyl sites for hydroxylation is 1. The molecule has 28 heavy (non-hydrogen) atoms. The van der Waals surface area contributed by atoms with Crippen LogP contribution in [0.3, 0.4) is 0 Å². The van der Waals surface area contributed by atoms with Crippen molar-refractivity contribution in [3.63, 3.8) is 0 Å². The summed E-state index contributed by atoms with van der Waals surface area (Å²) in [5.41, 5.74) is 0.723. The van der Waals surface area contributed by atoms with Gasteiger partial charge in [-0.3, -0.25) is 14.9 Å². The number of rotatable bonds is 5. The summed E-state index contributed by atoms with van der Waals surface area (Å²) in [5.74, 6) is -2.11. The van der Waals surface area contributed by atoms with Crippen molar-refractivity contribution >= 4 is 40.2 Å². The van der Waals surface area contributed by atoms with Gasteiger partial charge in [0, 0.05) is 10.9 Å². The van der Waals surface area contributed by atoms with Gasteiger partial charge in [0.15, 0.2) is 12.0 Å². The maximum atomic E-state index is 12.1. The maximum Gasteiger partial charge on any atom is 0.374 e. The van der Waals surface area contributed by atoms with Crippen molar-refractivity contribution in [1.82, 2.24) is 10.6 Å². The Hall–Kier alpha value is -3.46. The van der Waals surface area contributed by atoms with E-state index >= 15 is 0 Å². The standard InChI is InChI=1S/C19H16N2O6S/c1-11-4-5-15-13(7-11)14(22)8-16(27-15)18(24)26-10-17(23)21-19(25)20-9-12-3-2-6-28-12/h2-8H,9-10H2,1H3,(H2,20,21,23,25). The highest BCUT2D eigenvalue weighted by Gasteiger charge is 2.16. The van der Waals surface area contributed by atoms with Gasteiger partial charge in [0.1, 0.15) is 5.58 Å². The second kappa shape index (κ2) is 8.49. The van der Waals surface area contributed by atoms with E-state index in [1.165, 1.54) is 11.3 Å². The third-order valence-corrected chi connectivity index (χ3v) is 4.55. The number of nitrogens with one attached hydrogen (secondary N) is 2. The third kappa shape index (κ3) is 4.83. The number of carbonyl (C=O) groups is 3. The van der Waals surface area contributed by atoms with E-state index in [4.69, 9.17) is 9.15 Å². The quantitative estimate of drug-likeness (QED) is 0.636. The first kappa shape index (κ1) is 19.3. The molecule has 9 heteroatoms. The van der Waals surface area contributed by atoms with Gasteiger partial charge in [-0.05, 0) is 30.5 Å². The van der Waals surface area contributed by atoms with Crippen LogP contribution >= 0.6 is 11.3 Å². The molecule has 3 amide bonds. The van der Waals surface area contributed by atoms with Crippen molar-refractivity contribution in [2.24, 2.45) is 0 Å². The largest absolute Gasteiger partial charge is 0.450 e. The second-order valence-electron chi connectivity index (χ2n) is 5.86. The van der Waals surface area contributed by atoms with E-state index in [1.54, 1.807) is 18.2 Å². The summed E-state index contributed by atoms with van der Waals surface area (Å²) in [6, 6.07) is 8.95. The molecule has 144 valence electrons. The molecule has 0 saturated carbocycles. The topological polar surface area (TPSA) is 115 Å². The Morgan fingerprint density at radius 2 is 2.00 bits per heavy atom. The van der Waals surface area contributed by atoms with E-state index in [2.05, 4.69) is 5.32 Å². The zero-order chi connectivity index (χ0) is 20.1. The molecule has 1 aromatic carbocycles. The minimum absolute atomic E-state index is 0.238. The number of hydrogen-bond acceptors (Lipinski definition) is 7. The highest BCUT2D eigenvalue weighted by atomic mass is 32.1. The Kier molecular flexibility index (Phi) is 5.85. The van der Waals surface area contributed by atoms with Gasteiger partial charge in [0.05, 0.1) is 11.9 Å². The van der Waals surface area contributed by atoms with Crippen LogP contribution in [0.15, 0.2) is 51.0 Å². The Balaban J connectivity index is 1.54. The summed E-state index contributed by atoms with van der Waals surface area (Å²) < 4.78 is 10.2. The molecule has 0 aliphatic carbocycles. The highest BCUT2D eigenvalue weighted by Crippen LogP contribution is 2.14. The van der Waals surface area contributed by atoms with Crippen molar-refractivity contribution in [3.8, 4) is 0 Å². The molecule has 0 saturated heterocycles. The number of fused-ring (bicyclic) bond motifs is 1. The number of imide groups is 1. The molecule has 2 aromatic heterocycles. The zero-order valence-electron chi connectivity index (χ0n) is 14.8. The minimum Gasteiger partial charge on any atom is -0.450 e. The number of carbonyl (C=O) groups excluding carboxylic acids is 3. The van der Waals surface area contributed by atoms with Crippen LogP contribution in [-0.4, -0.2) is 24.5 Å². The van der Waals surface area contributed by atoms with Crippen molar-refractivity contribution in [2.75, 3.05) is 6.61 Å². The van der Waals surface area contributed by atoms with Crippen LogP contribution in [0.2, 0.25) is 0 Å². The van der Waals surface area contributed by atoms with Crippen LogP contribution in [-0.2, 0) is 16.1 Å². The summed E-state index contributed by atoms with van der Waals surface area (Å²) in [5, 5.41) is 6.76. The molecule has 8 nitrogen and oxygen atoms in total. The Morgan fingerprint density at radius 1 is 1.18 bits per heavy atom. The number of hydrogen-bond donors (Lipinski definition) is 2. The normalized spacial score (nSPS) is 10.5. The average Bonchev–Trinajstić information content (AvgIpc) is 3.18. The fraction of sp³-hybridized carbons (Fsp3) is 0.158. The van der Waals surface area contributed by atoms with Gasteiger partial charge in [0.2, 0.25) is 5.76 Å². The predicted octanol–water partition coefficient (Wildman–Crippen LogP) is 2.35. The summed E-state index contributed by atoms with van der Waals surface area (Å²) >= 11 is 1.47. The molecule has 0 aliphatic heterocycles. The highest BCUT2D eigenvalue weighted by molar-refractivity contribution is 7.09. The molecule has 3 aromatic rings. The van der Waals surface area contributed by atoms with Crippen molar-refractivity contribution in [1.29, 1.82) is 0 Å². The van der Waals surface area contributed by atoms with Gasteiger partial charge in [-0.25, -0.2) is 9.59 Å². The van der Waals surface area contributed by atoms with Crippen LogP contribution in [0.4, 0.5) is 4.79 Å². The molecule has 0 unspecified atom stereocenters. The van der Waals surface area contributed by atoms with E-state index < -0.39 is 29.9 Å². The molecule has 0 bridgehead atoms. The van der Waals surface area contributed by atoms with Gasteiger partial charge < -0.3 is 14.5 Å². The zero-order valence-corrected chi connectivity index (χ0v) is 15.6. The van der Waals surface area contributed by atoms with Gasteiger partial charge in [-0.1, -0.05) is 17.7 Å². The molecule has 3 rings (SSSR count). The summed E-state index contributed by atoms with van der Waals surface area (Å²) in [6.45, 7) is 1.41. The number of ether oxygens (including phenoxy) is 1. The maximum absolute atomic E-state index is 12.1.